The van der Waals surface area contributed by atoms with Crippen molar-refractivity contribution in [2.75, 3.05) is 12.9 Å². The summed E-state index contributed by atoms with van der Waals surface area (Å²) in [5.41, 5.74) is 0. The van der Waals surface area contributed by atoms with Gasteiger partial charge < -0.3 is 4.74 Å². The molecular formula is C6H10O3S. The van der Waals surface area contributed by atoms with Crippen molar-refractivity contribution < 1.29 is 14.3 Å². The van der Waals surface area contributed by atoms with Crippen LogP contribution in [0.5, 0.6) is 0 Å². The Bertz CT molecular complexity index is 133. The van der Waals surface area contributed by atoms with Gasteiger partial charge in [-0.1, -0.05) is 18.7 Å². The molecule has 0 radical (unpaired) electrons. The molecule has 0 heterocycles. The van der Waals surface area contributed by atoms with E-state index in [4.69, 9.17) is 0 Å². The molecule has 0 saturated carbocycles. The SMILES string of the molecule is CCSC(=O)CC(=O)OC. The van der Waals surface area contributed by atoms with Gasteiger partial charge in [-0.3, -0.25) is 9.59 Å². The number of esters is 1. The van der Waals surface area contributed by atoms with Crippen LogP contribution in [-0.2, 0) is 14.3 Å². The van der Waals surface area contributed by atoms with E-state index in [2.05, 4.69) is 4.74 Å². The highest BCUT2D eigenvalue weighted by Gasteiger charge is 2.07. The molecule has 0 spiro atoms. The van der Waals surface area contributed by atoms with Crippen molar-refractivity contribution in [1.29, 1.82) is 0 Å². The number of hydrogen-bond acceptors (Lipinski definition) is 4. The normalized spacial score (nSPS) is 9.00. The molecule has 0 aromatic carbocycles. The third-order valence-corrected chi connectivity index (χ3v) is 1.58. The molecule has 0 rings (SSSR count). The molecule has 0 aliphatic heterocycles. The van der Waals surface area contributed by atoms with Gasteiger partial charge in [-0.15, -0.1) is 0 Å². The molecule has 0 amide bonds. The quantitative estimate of drug-likeness (QED) is 0.455. The Morgan fingerprint density at radius 2 is 2.10 bits per heavy atom. The van der Waals surface area contributed by atoms with Crippen LogP contribution in [0, 0.1) is 0 Å². The van der Waals surface area contributed by atoms with E-state index in [1.54, 1.807) is 0 Å². The minimum atomic E-state index is -0.467. The Morgan fingerprint density at radius 1 is 1.50 bits per heavy atom. The van der Waals surface area contributed by atoms with E-state index in [9.17, 15) is 9.59 Å². The third-order valence-electron chi connectivity index (χ3n) is 0.822. The van der Waals surface area contributed by atoms with Crippen molar-refractivity contribution in [2.24, 2.45) is 0 Å². The Labute approximate surface area is 64.1 Å². The van der Waals surface area contributed by atoms with Crippen molar-refractivity contribution in [1.82, 2.24) is 0 Å². The lowest BCUT2D eigenvalue weighted by atomic mass is 10.5. The number of methoxy groups -OCH3 is 1. The maximum atomic E-state index is 10.7. The lowest BCUT2D eigenvalue weighted by Crippen LogP contribution is -2.06. The van der Waals surface area contributed by atoms with Crippen LogP contribution < -0.4 is 0 Å². The molecule has 0 aromatic heterocycles. The smallest absolute Gasteiger partial charge is 0.313 e. The first-order chi connectivity index (χ1) is 4.70. The van der Waals surface area contributed by atoms with Gasteiger partial charge in [-0.2, -0.15) is 0 Å². The largest absolute Gasteiger partial charge is 0.469 e. The van der Waals surface area contributed by atoms with E-state index >= 15 is 0 Å². The van der Waals surface area contributed by atoms with E-state index in [0.717, 1.165) is 11.8 Å². The van der Waals surface area contributed by atoms with Gasteiger partial charge in [-0.25, -0.2) is 0 Å². The summed E-state index contributed by atoms with van der Waals surface area (Å²) in [6, 6.07) is 0. The molecule has 0 unspecified atom stereocenters. The molecule has 0 aromatic rings. The van der Waals surface area contributed by atoms with E-state index in [-0.39, 0.29) is 11.5 Å². The summed E-state index contributed by atoms with van der Waals surface area (Å²) < 4.78 is 4.29. The highest BCUT2D eigenvalue weighted by atomic mass is 32.2. The maximum Gasteiger partial charge on any atom is 0.313 e. The zero-order valence-electron chi connectivity index (χ0n) is 6.05. The van der Waals surface area contributed by atoms with Crippen LogP contribution in [0.2, 0.25) is 0 Å². The van der Waals surface area contributed by atoms with Crippen molar-refractivity contribution in [3.8, 4) is 0 Å². The number of carbonyl (C=O) groups is 2. The summed E-state index contributed by atoms with van der Waals surface area (Å²) in [6.45, 7) is 1.86. The summed E-state index contributed by atoms with van der Waals surface area (Å²) in [5.74, 6) is 0.237. The van der Waals surface area contributed by atoms with Gasteiger partial charge in [0.15, 0.2) is 5.12 Å². The van der Waals surface area contributed by atoms with Gasteiger partial charge in [0, 0.05) is 0 Å². The third kappa shape index (κ3) is 4.38. The number of hydrogen-bond donors (Lipinski definition) is 0. The van der Waals surface area contributed by atoms with Gasteiger partial charge in [-0.05, 0) is 5.75 Å². The number of thioether (sulfide) groups is 1. The van der Waals surface area contributed by atoms with Crippen LogP contribution >= 0.6 is 11.8 Å². The maximum absolute atomic E-state index is 10.7. The van der Waals surface area contributed by atoms with Gasteiger partial charge in [0.2, 0.25) is 0 Å². The Kier molecular flexibility index (Phi) is 5.02. The van der Waals surface area contributed by atoms with E-state index in [0.29, 0.717) is 5.75 Å². The second-order valence-corrected chi connectivity index (χ2v) is 2.88. The monoisotopic (exact) mass is 162 g/mol. The molecule has 10 heavy (non-hydrogen) atoms. The van der Waals surface area contributed by atoms with Crippen molar-refractivity contribution >= 4 is 22.8 Å². The standard InChI is InChI=1S/C6H10O3S/c1-3-10-6(8)4-5(7)9-2/h3-4H2,1-2H3. The lowest BCUT2D eigenvalue weighted by molar-refractivity contribution is -0.141. The van der Waals surface area contributed by atoms with Gasteiger partial charge >= 0.3 is 5.97 Å². The average Bonchev–Trinajstić information content (AvgIpc) is 1.88. The Balaban J connectivity index is 3.47. The molecule has 0 saturated heterocycles. The van der Waals surface area contributed by atoms with Crippen LogP contribution in [0.3, 0.4) is 0 Å². The minimum absolute atomic E-state index is 0.116. The first-order valence-electron chi connectivity index (χ1n) is 2.93. The zero-order valence-corrected chi connectivity index (χ0v) is 6.86. The molecule has 0 N–H and O–H groups in total. The zero-order chi connectivity index (χ0) is 7.98. The highest BCUT2D eigenvalue weighted by Crippen LogP contribution is 2.04. The second-order valence-electron chi connectivity index (χ2n) is 1.56. The number of carbonyl (C=O) groups excluding carboxylic acids is 2. The van der Waals surface area contributed by atoms with Crippen molar-refractivity contribution in [3.05, 3.63) is 0 Å². The molecular weight excluding hydrogens is 152 g/mol. The second kappa shape index (κ2) is 5.29. The molecule has 0 atom stereocenters. The predicted molar refractivity (Wildman–Crippen MR) is 39.8 cm³/mol. The molecule has 3 nitrogen and oxygen atoms in total. The fourth-order valence-corrected chi connectivity index (χ4v) is 0.944. The topological polar surface area (TPSA) is 43.4 Å². The van der Waals surface area contributed by atoms with Crippen molar-refractivity contribution in [3.63, 3.8) is 0 Å². The van der Waals surface area contributed by atoms with Gasteiger partial charge in [0.05, 0.1) is 7.11 Å². The summed E-state index contributed by atoms with van der Waals surface area (Å²) >= 11 is 1.14. The fraction of sp³-hybridized carbons (Fsp3) is 0.667. The van der Waals surface area contributed by atoms with Crippen LogP contribution in [0.1, 0.15) is 13.3 Å². The molecule has 0 fully saturated rings. The summed E-state index contributed by atoms with van der Waals surface area (Å²) in [7, 11) is 1.27. The van der Waals surface area contributed by atoms with Gasteiger partial charge in [0.1, 0.15) is 6.42 Å². The first kappa shape index (κ1) is 9.49. The fourth-order valence-electron chi connectivity index (χ4n) is 0.402. The summed E-state index contributed by atoms with van der Waals surface area (Å²) in [6.07, 6.45) is -0.116. The highest BCUT2D eigenvalue weighted by molar-refractivity contribution is 8.13. The van der Waals surface area contributed by atoms with Crippen LogP contribution in [0.4, 0.5) is 0 Å². The molecule has 4 heteroatoms. The van der Waals surface area contributed by atoms with E-state index in [1.807, 2.05) is 6.92 Å². The van der Waals surface area contributed by atoms with Crippen LogP contribution in [0.25, 0.3) is 0 Å². The van der Waals surface area contributed by atoms with Gasteiger partial charge in [0.25, 0.3) is 0 Å². The Morgan fingerprint density at radius 3 is 2.50 bits per heavy atom. The lowest BCUT2D eigenvalue weighted by Gasteiger charge is -1.95. The first-order valence-corrected chi connectivity index (χ1v) is 3.91. The predicted octanol–water partition coefficient (Wildman–Crippen LogP) is 0.829. The number of rotatable bonds is 3. The molecule has 58 valence electrons. The minimum Gasteiger partial charge on any atom is -0.469 e. The summed E-state index contributed by atoms with van der Waals surface area (Å²) in [4.78, 5) is 21.1. The molecule has 0 bridgehead atoms. The Hall–Kier alpha value is -0.510. The van der Waals surface area contributed by atoms with Crippen molar-refractivity contribution in [2.45, 2.75) is 13.3 Å². The summed E-state index contributed by atoms with van der Waals surface area (Å²) in [5, 5.41) is -0.130. The molecule has 0 aliphatic rings. The molecule has 0 aliphatic carbocycles. The average molecular weight is 162 g/mol. The van der Waals surface area contributed by atoms with Crippen LogP contribution in [-0.4, -0.2) is 23.9 Å². The van der Waals surface area contributed by atoms with Crippen LogP contribution in [0.15, 0.2) is 0 Å². The van der Waals surface area contributed by atoms with E-state index in [1.165, 1.54) is 7.11 Å². The number of ether oxygens (including phenoxy) is 1. The van der Waals surface area contributed by atoms with E-state index < -0.39 is 5.97 Å².